The van der Waals surface area contributed by atoms with Crippen LogP contribution in [0.3, 0.4) is 0 Å². The number of ether oxygens (including phenoxy) is 7. The summed E-state index contributed by atoms with van der Waals surface area (Å²) in [4.78, 5) is 91.4. The van der Waals surface area contributed by atoms with Gasteiger partial charge in [0.1, 0.15) is 13.2 Å². The number of esters is 3. The Morgan fingerprint density at radius 3 is 0.831 bits per heavy atom. The van der Waals surface area contributed by atoms with Gasteiger partial charge in [0.05, 0.1) is 80.2 Å². The van der Waals surface area contributed by atoms with Crippen LogP contribution in [0, 0.1) is 0 Å². The standard InChI is InChI=1S/C15H24N2O2.C15H23NO3.C14H22N2O2.C14H21NO3.C13H20N2O.C13H19NO2.C12H17NO2.C12H16O3/c1-15(2,3)17-11-12-6-5-7-13(10-12)14(18)16-8-9-19-4;1-15(2,3)16-11-12-6-5-7-13(10-12)14(17)19-9-8-18-4;1-14(2,3)16-10-11-5-4-6-12(9-11)13(18)15-7-8-17;1-14(2,3)15-10-11-5-4-6-12(9-11)13(17)18-8-7-16;1-13(2,3)15-9-10-6-5-7-11(8-10)12(16)14-4;1-13(2,3)14-9-10-6-5-7-11(8-10)12(15)16-4;2*1-12(2,3)15-8-9-5-4-6-10(7-9)11(13)14/h5-7,10,17H,8-9,11H2,1-4H3,(H,16,18);5-7,10,16H,8-9,11H2,1-4H3;4-6,9,16-17H,7-8,10H2,1-3H3,(H,15,18);4-6,9,15-16H,7-8,10H2,1-3H3;5-8,15H,9H2,1-4H3,(H,14,16);5-8,14H,9H2,1-4H3;4-7H,8H2,1-3H3,(H2,13,14);4-7H,8H2,1-3H3,(H,13,14). The predicted molar refractivity (Wildman–Crippen MR) is 544 cm³/mol. The minimum Gasteiger partial charge on any atom is -0.478 e. The van der Waals surface area contributed by atoms with Gasteiger partial charge in [-0.2, -0.15) is 0 Å². The molecule has 0 aliphatic carbocycles. The number of hydrogen-bond donors (Lipinski definition) is 13. The van der Waals surface area contributed by atoms with Crippen LogP contribution in [0.1, 0.15) is 294 Å². The fourth-order valence-electron chi connectivity index (χ4n) is 10.7. The van der Waals surface area contributed by atoms with Gasteiger partial charge in [0.25, 0.3) is 17.7 Å². The van der Waals surface area contributed by atoms with E-state index >= 15 is 0 Å². The number of carboxylic acid groups (broad SMARTS) is 1. The normalized spacial score (nSPS) is 11.3. The van der Waals surface area contributed by atoms with Crippen molar-refractivity contribution in [1.82, 2.24) is 47.9 Å². The number of carbonyl (C=O) groups excluding carboxylic acids is 7. The highest BCUT2D eigenvalue weighted by atomic mass is 16.6. The number of nitrogens with two attached hydrogens (primary N) is 1. The summed E-state index contributed by atoms with van der Waals surface area (Å²) in [6.07, 6.45) is 0. The van der Waals surface area contributed by atoms with Crippen LogP contribution >= 0.6 is 0 Å². The first kappa shape index (κ1) is 123. The number of aliphatic hydroxyl groups excluding tert-OH is 2. The SMILES string of the molecule is CC(C)(C)NCc1cccc(C(=O)NCCO)c1.CC(C)(C)NCc1cccc(C(=O)OCCO)c1.CC(C)(C)OCc1cccc(C(=O)O)c1.CC(C)(C)OCc1cccc(C(N)=O)c1.CNC(=O)c1cccc(CNC(C)(C)C)c1.COC(=O)c1cccc(CNC(C)(C)C)c1.COCCNC(=O)c1cccc(CNC(C)(C)C)c1.COCCOC(=O)c1cccc(CNC(C)(C)C)c1. The summed E-state index contributed by atoms with van der Waals surface area (Å²) in [6.45, 7) is 57.0. The van der Waals surface area contributed by atoms with Crippen molar-refractivity contribution < 1.29 is 86.8 Å². The van der Waals surface area contributed by atoms with Crippen molar-refractivity contribution in [2.24, 2.45) is 5.73 Å². The second-order valence-electron chi connectivity index (χ2n) is 40.0. The second-order valence-corrected chi connectivity index (χ2v) is 40.0. The number of aromatic carboxylic acids is 1. The van der Waals surface area contributed by atoms with E-state index in [0.29, 0.717) is 84.0 Å². The van der Waals surface area contributed by atoms with Crippen LogP contribution in [-0.4, -0.2) is 188 Å². The van der Waals surface area contributed by atoms with E-state index < -0.39 is 17.8 Å². The topological polar surface area (TPSA) is 396 Å². The molecule has 752 valence electrons. The summed E-state index contributed by atoms with van der Waals surface area (Å²) in [6, 6.07) is 59.0. The molecule has 8 aromatic rings. The van der Waals surface area contributed by atoms with Crippen LogP contribution in [0.5, 0.6) is 0 Å². The quantitative estimate of drug-likeness (QED) is 0.0101. The highest BCUT2D eigenvalue weighted by Gasteiger charge is 2.20. The summed E-state index contributed by atoms with van der Waals surface area (Å²) in [5.74, 6) is -2.58. The van der Waals surface area contributed by atoms with E-state index in [2.05, 4.69) is 177 Å². The molecule has 0 aliphatic heterocycles. The largest absolute Gasteiger partial charge is 0.478 e. The smallest absolute Gasteiger partial charge is 0.338 e. The average Bonchev–Trinajstić information content (AvgIpc) is 0.885. The van der Waals surface area contributed by atoms with Crippen LogP contribution in [0.15, 0.2) is 194 Å². The van der Waals surface area contributed by atoms with Gasteiger partial charge in [-0.3, -0.25) is 19.2 Å². The number of hydrogen-bond acceptors (Lipinski definition) is 23. The monoisotopic (exact) mass is 1890 g/mol. The summed E-state index contributed by atoms with van der Waals surface area (Å²) < 4.78 is 35.5. The molecule has 0 spiro atoms. The molecule has 136 heavy (non-hydrogen) atoms. The van der Waals surface area contributed by atoms with Crippen molar-refractivity contribution in [1.29, 1.82) is 0 Å². The number of carbonyl (C=O) groups is 8. The van der Waals surface area contributed by atoms with Gasteiger partial charge in [-0.05, 0) is 308 Å². The van der Waals surface area contributed by atoms with Crippen molar-refractivity contribution in [3.8, 4) is 0 Å². The molecule has 0 radical (unpaired) electrons. The van der Waals surface area contributed by atoms with Gasteiger partial charge in [-0.15, -0.1) is 0 Å². The highest BCUT2D eigenvalue weighted by molar-refractivity contribution is 5.96. The summed E-state index contributed by atoms with van der Waals surface area (Å²) in [5.41, 5.74) is 18.0. The Kier molecular flexibility index (Phi) is 56.7. The molecule has 8 rings (SSSR count). The minimum absolute atomic E-state index is 0.0311. The molecule has 28 heteroatoms. The van der Waals surface area contributed by atoms with Crippen molar-refractivity contribution in [2.45, 2.75) is 263 Å². The Morgan fingerprint density at radius 2 is 0.559 bits per heavy atom. The van der Waals surface area contributed by atoms with Gasteiger partial charge in [0.2, 0.25) is 5.91 Å². The van der Waals surface area contributed by atoms with Gasteiger partial charge < -0.3 is 102 Å². The molecule has 0 unspecified atom stereocenters. The average molecular weight is 1890 g/mol. The Morgan fingerprint density at radius 1 is 0.301 bits per heavy atom. The van der Waals surface area contributed by atoms with Crippen molar-refractivity contribution in [3.05, 3.63) is 283 Å². The molecule has 0 aliphatic rings. The molecular formula is C108H162N10O18. The maximum atomic E-state index is 11.9. The third-order valence-electron chi connectivity index (χ3n) is 18.0. The Labute approximate surface area is 811 Å². The molecule has 0 saturated carbocycles. The molecule has 0 saturated heterocycles. The number of carboxylic acids is 1. The summed E-state index contributed by atoms with van der Waals surface area (Å²) in [7, 11) is 6.22. The maximum absolute atomic E-state index is 11.9. The zero-order valence-corrected chi connectivity index (χ0v) is 86.3. The lowest BCUT2D eigenvalue weighted by Gasteiger charge is -2.20. The number of amides is 4. The molecule has 14 N–H and O–H groups in total. The fourth-order valence-corrected chi connectivity index (χ4v) is 10.7. The lowest BCUT2D eigenvalue weighted by molar-refractivity contribution is -0.0152. The van der Waals surface area contributed by atoms with Crippen LogP contribution in [0.2, 0.25) is 0 Å². The molecule has 0 fully saturated rings. The first-order valence-electron chi connectivity index (χ1n) is 45.7. The molecule has 28 nitrogen and oxygen atoms in total. The zero-order chi connectivity index (χ0) is 103. The van der Waals surface area contributed by atoms with Crippen LogP contribution in [0.4, 0.5) is 0 Å². The number of primary amides is 1. The number of rotatable bonds is 34. The molecule has 4 amide bonds. The highest BCUT2D eigenvalue weighted by Crippen LogP contribution is 2.19. The summed E-state index contributed by atoms with van der Waals surface area (Å²) >= 11 is 0. The summed E-state index contributed by atoms with van der Waals surface area (Å²) in [5, 5.41) is 54.4. The fraction of sp³-hybridized carbons (Fsp3) is 0.481. The lowest BCUT2D eigenvalue weighted by Crippen LogP contribution is -2.35. The van der Waals surface area contributed by atoms with Crippen molar-refractivity contribution in [3.63, 3.8) is 0 Å². The van der Waals surface area contributed by atoms with E-state index in [9.17, 15) is 38.4 Å². The molecular weight excluding hydrogens is 1730 g/mol. The number of aliphatic hydroxyl groups is 2. The van der Waals surface area contributed by atoms with Crippen molar-refractivity contribution >= 4 is 47.5 Å². The van der Waals surface area contributed by atoms with Crippen LogP contribution in [0.25, 0.3) is 0 Å². The number of nitrogens with one attached hydrogen (secondary N) is 9. The molecule has 0 heterocycles. The van der Waals surface area contributed by atoms with E-state index in [4.69, 9.17) is 49.5 Å². The number of benzene rings is 8. The van der Waals surface area contributed by atoms with Crippen LogP contribution in [-0.2, 0) is 85.6 Å². The van der Waals surface area contributed by atoms with E-state index in [1.165, 1.54) is 7.11 Å². The van der Waals surface area contributed by atoms with Gasteiger partial charge in [0.15, 0.2) is 0 Å². The third-order valence-corrected chi connectivity index (χ3v) is 18.0. The first-order chi connectivity index (χ1) is 63.3. The lowest BCUT2D eigenvalue weighted by atomic mass is 10.1. The molecule has 8 aromatic carbocycles. The van der Waals surface area contributed by atoms with Gasteiger partial charge in [-0.1, -0.05) is 97.1 Å². The Hall–Kier alpha value is -11.0. The first-order valence-corrected chi connectivity index (χ1v) is 45.7. The molecule has 0 atom stereocenters. The van der Waals surface area contributed by atoms with E-state index in [-0.39, 0.29) is 107 Å². The molecule has 0 aromatic heterocycles. The maximum Gasteiger partial charge on any atom is 0.338 e. The van der Waals surface area contributed by atoms with E-state index in [1.54, 1.807) is 88.0 Å². The van der Waals surface area contributed by atoms with Gasteiger partial charge in [-0.25, -0.2) is 19.2 Å². The third kappa shape index (κ3) is 62.6. The Balaban J connectivity index is 0.000000778. The van der Waals surface area contributed by atoms with E-state index in [0.717, 1.165) is 77.2 Å². The van der Waals surface area contributed by atoms with E-state index in [1.807, 2.05) is 169 Å². The second kappa shape index (κ2) is 62.7. The molecule has 0 bridgehead atoms. The van der Waals surface area contributed by atoms with Gasteiger partial charge >= 0.3 is 23.9 Å². The zero-order valence-electron chi connectivity index (χ0n) is 86.3. The van der Waals surface area contributed by atoms with Crippen molar-refractivity contribution in [2.75, 3.05) is 81.1 Å². The number of methoxy groups -OCH3 is 3. The van der Waals surface area contributed by atoms with Gasteiger partial charge in [0, 0.05) is 129 Å². The van der Waals surface area contributed by atoms with Crippen LogP contribution < -0.4 is 53.6 Å². The Bertz CT molecular complexity index is 4560. The predicted octanol–water partition coefficient (Wildman–Crippen LogP) is 16.4. The minimum atomic E-state index is -0.910.